The summed E-state index contributed by atoms with van der Waals surface area (Å²) in [4.78, 5) is 12.7. The van der Waals surface area contributed by atoms with Crippen LogP contribution in [-0.2, 0) is 5.41 Å². The molecule has 4 heteroatoms. The van der Waals surface area contributed by atoms with E-state index in [1.54, 1.807) is 31.4 Å². The van der Waals surface area contributed by atoms with Crippen molar-refractivity contribution in [1.82, 2.24) is 0 Å². The van der Waals surface area contributed by atoms with Crippen LogP contribution in [0.15, 0.2) is 42.5 Å². The Kier molecular flexibility index (Phi) is 9.96. The molecule has 0 aliphatic carbocycles. The Labute approximate surface area is 193 Å². The van der Waals surface area contributed by atoms with E-state index in [9.17, 15) is 4.79 Å². The summed E-state index contributed by atoms with van der Waals surface area (Å²) >= 11 is 0. The van der Waals surface area contributed by atoms with Crippen molar-refractivity contribution in [2.75, 3.05) is 7.11 Å². The highest BCUT2D eigenvalue weighted by Gasteiger charge is 2.20. The van der Waals surface area contributed by atoms with Crippen LogP contribution in [0.25, 0.3) is 0 Å². The average Bonchev–Trinajstić information content (AvgIpc) is 2.77. The van der Waals surface area contributed by atoms with Crippen LogP contribution in [0.1, 0.15) is 101 Å². The number of nitrogens with one attached hydrogen (secondary N) is 1. The lowest BCUT2D eigenvalue weighted by Gasteiger charge is -2.21. The molecular weight excluding hydrogens is 398 g/mol. The topological polar surface area (TPSA) is 59.4 Å². The predicted molar refractivity (Wildman–Crippen MR) is 133 cm³/mol. The molecule has 0 atom stereocenters. The second kappa shape index (κ2) is 12.4. The largest absolute Gasteiger partial charge is 0.497 e. The number of hydrogen-bond acceptors (Lipinski definition) is 4. The maximum atomic E-state index is 12.7. The first kappa shape index (κ1) is 25.6. The molecule has 0 aliphatic rings. The van der Waals surface area contributed by atoms with Crippen LogP contribution in [0, 0.1) is 5.41 Å². The molecule has 0 bridgehead atoms. The molecule has 4 nitrogen and oxygen atoms in total. The fraction of sp³-hybridized carbons (Fsp3) is 0.500. The lowest BCUT2D eigenvalue weighted by atomic mass is 9.85. The van der Waals surface area contributed by atoms with Crippen LogP contribution >= 0.6 is 0 Å². The van der Waals surface area contributed by atoms with E-state index in [1.165, 1.54) is 32.1 Å². The molecule has 1 N–H and O–H groups in total. The van der Waals surface area contributed by atoms with E-state index in [0.717, 1.165) is 18.4 Å². The molecule has 32 heavy (non-hydrogen) atoms. The SMILES string of the molecule is CCCCCCCCCC(=N)c1cc(C(C)(C)C)ccc1OC(=O)c1ccc(OC)cc1. The molecule has 0 unspecified atom stereocenters. The maximum Gasteiger partial charge on any atom is 0.343 e. The zero-order chi connectivity index (χ0) is 23.6. The Balaban J connectivity index is 2.12. The quantitative estimate of drug-likeness (QED) is 0.160. The summed E-state index contributed by atoms with van der Waals surface area (Å²) in [6.45, 7) is 8.67. The molecule has 0 heterocycles. The number of benzene rings is 2. The van der Waals surface area contributed by atoms with Crippen molar-refractivity contribution in [1.29, 1.82) is 5.41 Å². The van der Waals surface area contributed by atoms with Gasteiger partial charge in [-0.2, -0.15) is 0 Å². The van der Waals surface area contributed by atoms with Gasteiger partial charge < -0.3 is 14.9 Å². The molecule has 2 aromatic carbocycles. The molecule has 0 saturated heterocycles. The van der Waals surface area contributed by atoms with Crippen LogP contribution < -0.4 is 9.47 Å². The number of esters is 1. The van der Waals surface area contributed by atoms with Gasteiger partial charge >= 0.3 is 5.97 Å². The molecule has 174 valence electrons. The molecule has 0 radical (unpaired) electrons. The van der Waals surface area contributed by atoms with E-state index in [1.807, 2.05) is 18.2 Å². The summed E-state index contributed by atoms with van der Waals surface area (Å²) in [5.74, 6) is 0.709. The highest BCUT2D eigenvalue weighted by Crippen LogP contribution is 2.30. The highest BCUT2D eigenvalue weighted by molar-refractivity contribution is 6.02. The standard InChI is InChI=1S/C28H39NO3/c1-6-7-8-9-10-11-12-13-25(29)24-20-22(28(2,3)4)16-19-26(24)32-27(30)21-14-17-23(31-5)18-15-21/h14-20,29H,6-13H2,1-5H3. The van der Waals surface area contributed by atoms with Gasteiger partial charge in [0.05, 0.1) is 12.7 Å². The number of carbonyl (C=O) groups excluding carboxylic acids is 1. The first-order chi connectivity index (χ1) is 15.3. The minimum atomic E-state index is -0.430. The summed E-state index contributed by atoms with van der Waals surface area (Å²) in [6.07, 6.45) is 9.15. The number of hydrogen-bond donors (Lipinski definition) is 1. The van der Waals surface area contributed by atoms with Gasteiger partial charge in [0, 0.05) is 11.3 Å². The van der Waals surface area contributed by atoms with Crippen molar-refractivity contribution in [2.45, 2.75) is 84.5 Å². The minimum absolute atomic E-state index is 0.0488. The van der Waals surface area contributed by atoms with E-state index in [4.69, 9.17) is 14.9 Å². The number of rotatable bonds is 12. The van der Waals surface area contributed by atoms with Crippen LogP contribution in [0.3, 0.4) is 0 Å². The normalized spacial score (nSPS) is 11.3. The summed E-state index contributed by atoms with van der Waals surface area (Å²) in [5.41, 5.74) is 2.77. The minimum Gasteiger partial charge on any atom is -0.497 e. The van der Waals surface area contributed by atoms with Crippen molar-refractivity contribution in [2.24, 2.45) is 0 Å². The fourth-order valence-electron chi connectivity index (χ4n) is 3.60. The van der Waals surface area contributed by atoms with E-state index >= 15 is 0 Å². The van der Waals surface area contributed by atoms with Crippen molar-refractivity contribution in [3.63, 3.8) is 0 Å². The third-order valence-corrected chi connectivity index (χ3v) is 5.73. The molecule has 0 saturated carbocycles. The van der Waals surface area contributed by atoms with Gasteiger partial charge in [-0.1, -0.05) is 72.3 Å². The number of carbonyl (C=O) groups is 1. The van der Waals surface area contributed by atoms with Gasteiger partial charge in [0.1, 0.15) is 11.5 Å². The zero-order valence-electron chi connectivity index (χ0n) is 20.4. The molecule has 0 aliphatic heterocycles. The van der Waals surface area contributed by atoms with E-state index in [0.29, 0.717) is 34.8 Å². The number of unbranched alkanes of at least 4 members (excludes halogenated alkanes) is 6. The third-order valence-electron chi connectivity index (χ3n) is 5.73. The first-order valence-corrected chi connectivity index (χ1v) is 11.8. The molecule has 0 fully saturated rings. The molecule has 2 rings (SSSR count). The van der Waals surface area contributed by atoms with Gasteiger partial charge in [0.25, 0.3) is 0 Å². The van der Waals surface area contributed by atoms with Crippen LogP contribution in [-0.4, -0.2) is 18.8 Å². The molecule has 0 aromatic heterocycles. The first-order valence-electron chi connectivity index (χ1n) is 11.8. The van der Waals surface area contributed by atoms with Gasteiger partial charge in [-0.05, 0) is 60.2 Å². The summed E-state index contributed by atoms with van der Waals surface area (Å²) < 4.78 is 10.9. The van der Waals surface area contributed by atoms with Gasteiger partial charge in [-0.15, -0.1) is 0 Å². The lowest BCUT2D eigenvalue weighted by Crippen LogP contribution is -2.15. The Morgan fingerprint density at radius 3 is 2.12 bits per heavy atom. The van der Waals surface area contributed by atoms with E-state index in [2.05, 4.69) is 27.7 Å². The van der Waals surface area contributed by atoms with E-state index in [-0.39, 0.29) is 5.41 Å². The van der Waals surface area contributed by atoms with Crippen LogP contribution in [0.4, 0.5) is 0 Å². The van der Waals surface area contributed by atoms with Crippen molar-refractivity contribution < 1.29 is 14.3 Å². The Hall–Kier alpha value is -2.62. The monoisotopic (exact) mass is 437 g/mol. The second-order valence-corrected chi connectivity index (χ2v) is 9.43. The summed E-state index contributed by atoms with van der Waals surface area (Å²) in [7, 11) is 1.59. The number of ether oxygens (including phenoxy) is 2. The van der Waals surface area contributed by atoms with Gasteiger partial charge in [-0.25, -0.2) is 4.79 Å². The highest BCUT2D eigenvalue weighted by atomic mass is 16.5. The van der Waals surface area contributed by atoms with Crippen molar-refractivity contribution in [3.8, 4) is 11.5 Å². The fourth-order valence-corrected chi connectivity index (χ4v) is 3.60. The average molecular weight is 438 g/mol. The second-order valence-electron chi connectivity index (χ2n) is 9.43. The number of methoxy groups -OCH3 is 1. The van der Waals surface area contributed by atoms with Crippen molar-refractivity contribution in [3.05, 3.63) is 59.2 Å². The predicted octanol–water partition coefficient (Wildman–Crippen LogP) is 7.72. The smallest absolute Gasteiger partial charge is 0.343 e. The lowest BCUT2D eigenvalue weighted by molar-refractivity contribution is 0.0734. The zero-order valence-corrected chi connectivity index (χ0v) is 20.4. The Bertz CT molecular complexity index is 879. The Morgan fingerprint density at radius 1 is 0.906 bits per heavy atom. The summed E-state index contributed by atoms with van der Waals surface area (Å²) in [5, 5.41) is 8.71. The van der Waals surface area contributed by atoms with Crippen LogP contribution in [0.5, 0.6) is 11.5 Å². The third kappa shape index (κ3) is 7.81. The molecule has 2 aromatic rings. The molecule has 0 spiro atoms. The summed E-state index contributed by atoms with van der Waals surface area (Å²) in [6, 6.07) is 12.7. The van der Waals surface area contributed by atoms with Gasteiger partial charge in [-0.3, -0.25) is 0 Å². The molecular formula is C28H39NO3. The van der Waals surface area contributed by atoms with Crippen molar-refractivity contribution >= 4 is 11.7 Å². The maximum absolute atomic E-state index is 12.7. The van der Waals surface area contributed by atoms with E-state index < -0.39 is 5.97 Å². The van der Waals surface area contributed by atoms with Gasteiger partial charge in [0.2, 0.25) is 0 Å². The molecule has 0 amide bonds. The van der Waals surface area contributed by atoms with Crippen LogP contribution in [0.2, 0.25) is 0 Å². The Morgan fingerprint density at radius 2 is 1.53 bits per heavy atom. The van der Waals surface area contributed by atoms with Gasteiger partial charge in [0.15, 0.2) is 0 Å².